The predicted molar refractivity (Wildman–Crippen MR) is 75.8 cm³/mol. The number of methoxy groups -OCH3 is 1. The number of ether oxygens (including phenoxy) is 1. The standard InChI is InChI=1S/C16H17NO/c1-4-9-17-12(2)13-5-6-15-11-16(18-3)8-7-14(15)10-13/h1,5-8,10-12,17H,9H2,2-3H3. The van der Waals surface area contributed by atoms with Gasteiger partial charge in [0.1, 0.15) is 5.75 Å². The van der Waals surface area contributed by atoms with Crippen molar-refractivity contribution in [3.63, 3.8) is 0 Å². The SMILES string of the molecule is C#CCNC(C)c1ccc2cc(OC)ccc2c1. The second-order valence-electron chi connectivity index (χ2n) is 4.28. The number of fused-ring (bicyclic) bond motifs is 1. The van der Waals surface area contributed by atoms with Gasteiger partial charge in [-0.25, -0.2) is 0 Å². The van der Waals surface area contributed by atoms with E-state index in [9.17, 15) is 0 Å². The minimum absolute atomic E-state index is 0.257. The number of hydrogen-bond acceptors (Lipinski definition) is 2. The largest absolute Gasteiger partial charge is 0.497 e. The summed E-state index contributed by atoms with van der Waals surface area (Å²) in [6, 6.07) is 12.8. The van der Waals surface area contributed by atoms with Gasteiger partial charge in [-0.3, -0.25) is 5.32 Å². The van der Waals surface area contributed by atoms with Gasteiger partial charge in [-0.2, -0.15) is 0 Å². The predicted octanol–water partition coefficient (Wildman–Crippen LogP) is 3.13. The third-order valence-corrected chi connectivity index (χ3v) is 3.08. The molecule has 2 heteroatoms. The highest BCUT2D eigenvalue weighted by molar-refractivity contribution is 5.84. The number of rotatable bonds is 4. The van der Waals surface area contributed by atoms with Gasteiger partial charge in [0.2, 0.25) is 0 Å². The fraction of sp³-hybridized carbons (Fsp3) is 0.250. The van der Waals surface area contributed by atoms with Gasteiger partial charge in [-0.1, -0.05) is 24.1 Å². The highest BCUT2D eigenvalue weighted by Gasteiger charge is 2.05. The van der Waals surface area contributed by atoms with E-state index in [1.807, 2.05) is 12.1 Å². The molecule has 2 aromatic carbocycles. The molecule has 0 spiro atoms. The van der Waals surface area contributed by atoms with Crippen LogP contribution in [0.3, 0.4) is 0 Å². The lowest BCUT2D eigenvalue weighted by Crippen LogP contribution is -2.18. The first kappa shape index (κ1) is 12.5. The van der Waals surface area contributed by atoms with E-state index in [0.29, 0.717) is 6.54 Å². The van der Waals surface area contributed by atoms with Crippen molar-refractivity contribution >= 4 is 10.8 Å². The molecule has 0 heterocycles. The van der Waals surface area contributed by atoms with Crippen LogP contribution in [0, 0.1) is 12.3 Å². The van der Waals surface area contributed by atoms with Gasteiger partial charge >= 0.3 is 0 Å². The molecule has 0 amide bonds. The summed E-state index contributed by atoms with van der Waals surface area (Å²) in [5.41, 5.74) is 1.24. The fourth-order valence-corrected chi connectivity index (χ4v) is 1.97. The van der Waals surface area contributed by atoms with E-state index in [1.165, 1.54) is 16.3 Å². The van der Waals surface area contributed by atoms with Gasteiger partial charge in [0.05, 0.1) is 13.7 Å². The zero-order chi connectivity index (χ0) is 13.0. The maximum Gasteiger partial charge on any atom is 0.119 e. The zero-order valence-electron chi connectivity index (χ0n) is 10.7. The molecule has 2 rings (SSSR count). The second-order valence-corrected chi connectivity index (χ2v) is 4.28. The first-order valence-electron chi connectivity index (χ1n) is 5.99. The summed E-state index contributed by atoms with van der Waals surface area (Å²) in [5.74, 6) is 3.48. The lowest BCUT2D eigenvalue weighted by atomic mass is 10.0. The van der Waals surface area contributed by atoms with E-state index in [2.05, 4.69) is 42.4 Å². The van der Waals surface area contributed by atoms with Gasteiger partial charge in [0, 0.05) is 6.04 Å². The number of benzene rings is 2. The van der Waals surface area contributed by atoms with Gasteiger partial charge in [-0.15, -0.1) is 6.42 Å². The summed E-state index contributed by atoms with van der Waals surface area (Å²) in [5, 5.41) is 5.67. The van der Waals surface area contributed by atoms with Gasteiger partial charge in [0.25, 0.3) is 0 Å². The Morgan fingerprint density at radius 3 is 2.67 bits per heavy atom. The smallest absolute Gasteiger partial charge is 0.119 e. The van der Waals surface area contributed by atoms with Crippen LogP contribution in [0.1, 0.15) is 18.5 Å². The Morgan fingerprint density at radius 2 is 1.94 bits per heavy atom. The Labute approximate surface area is 108 Å². The quantitative estimate of drug-likeness (QED) is 0.828. The Morgan fingerprint density at radius 1 is 1.22 bits per heavy atom. The summed E-state index contributed by atoms with van der Waals surface area (Å²) in [4.78, 5) is 0. The van der Waals surface area contributed by atoms with Crippen LogP contribution in [0.4, 0.5) is 0 Å². The molecule has 2 aromatic rings. The Hall–Kier alpha value is -1.98. The average Bonchev–Trinajstić information content (AvgIpc) is 2.43. The highest BCUT2D eigenvalue weighted by Crippen LogP contribution is 2.24. The minimum Gasteiger partial charge on any atom is -0.497 e. The first-order valence-corrected chi connectivity index (χ1v) is 5.99. The molecule has 0 aliphatic heterocycles. The van der Waals surface area contributed by atoms with Crippen molar-refractivity contribution in [2.75, 3.05) is 13.7 Å². The van der Waals surface area contributed by atoms with E-state index < -0.39 is 0 Å². The minimum atomic E-state index is 0.257. The summed E-state index contributed by atoms with van der Waals surface area (Å²) in [6.07, 6.45) is 5.25. The van der Waals surface area contributed by atoms with Crippen LogP contribution < -0.4 is 10.1 Å². The Balaban J connectivity index is 2.30. The summed E-state index contributed by atoms with van der Waals surface area (Å²) < 4.78 is 5.22. The maximum absolute atomic E-state index is 5.25. The molecule has 18 heavy (non-hydrogen) atoms. The number of nitrogens with one attached hydrogen (secondary N) is 1. The average molecular weight is 239 g/mol. The molecular weight excluding hydrogens is 222 g/mol. The van der Waals surface area contributed by atoms with Crippen molar-refractivity contribution in [3.05, 3.63) is 42.0 Å². The number of hydrogen-bond donors (Lipinski definition) is 1. The van der Waals surface area contributed by atoms with Gasteiger partial charge in [0.15, 0.2) is 0 Å². The highest BCUT2D eigenvalue weighted by atomic mass is 16.5. The van der Waals surface area contributed by atoms with E-state index >= 15 is 0 Å². The van der Waals surface area contributed by atoms with E-state index in [-0.39, 0.29) is 6.04 Å². The lowest BCUT2D eigenvalue weighted by Gasteiger charge is -2.13. The van der Waals surface area contributed by atoms with Crippen molar-refractivity contribution in [1.29, 1.82) is 0 Å². The van der Waals surface area contributed by atoms with Crippen molar-refractivity contribution in [2.45, 2.75) is 13.0 Å². The molecule has 2 nitrogen and oxygen atoms in total. The molecule has 1 atom stereocenters. The first-order chi connectivity index (χ1) is 8.74. The molecule has 0 radical (unpaired) electrons. The molecular formula is C16H17NO. The van der Waals surface area contributed by atoms with Crippen LogP contribution in [0.25, 0.3) is 10.8 Å². The van der Waals surface area contributed by atoms with E-state index in [4.69, 9.17) is 11.2 Å². The normalized spacial score (nSPS) is 12.1. The maximum atomic E-state index is 5.25. The number of terminal acetylenes is 1. The summed E-state index contributed by atoms with van der Waals surface area (Å²) in [7, 11) is 1.68. The van der Waals surface area contributed by atoms with Crippen molar-refractivity contribution in [2.24, 2.45) is 0 Å². The molecule has 1 unspecified atom stereocenters. The third kappa shape index (κ3) is 2.64. The molecule has 0 bridgehead atoms. The van der Waals surface area contributed by atoms with Crippen LogP contribution >= 0.6 is 0 Å². The molecule has 0 saturated carbocycles. The van der Waals surface area contributed by atoms with Crippen LogP contribution in [0.2, 0.25) is 0 Å². The molecule has 1 N–H and O–H groups in total. The Kier molecular flexibility index (Phi) is 3.86. The van der Waals surface area contributed by atoms with E-state index in [1.54, 1.807) is 7.11 Å². The molecule has 0 aromatic heterocycles. The molecule has 0 aliphatic rings. The topological polar surface area (TPSA) is 21.3 Å². The monoisotopic (exact) mass is 239 g/mol. The molecule has 92 valence electrons. The van der Waals surface area contributed by atoms with Crippen LogP contribution in [-0.2, 0) is 0 Å². The van der Waals surface area contributed by atoms with Gasteiger partial charge < -0.3 is 4.74 Å². The van der Waals surface area contributed by atoms with Gasteiger partial charge in [-0.05, 0) is 41.5 Å². The van der Waals surface area contributed by atoms with Crippen molar-refractivity contribution in [1.82, 2.24) is 5.32 Å². The van der Waals surface area contributed by atoms with Crippen LogP contribution in [-0.4, -0.2) is 13.7 Å². The molecule has 0 aliphatic carbocycles. The molecule has 0 fully saturated rings. The Bertz CT molecular complexity index is 583. The van der Waals surface area contributed by atoms with Crippen molar-refractivity contribution < 1.29 is 4.74 Å². The van der Waals surface area contributed by atoms with E-state index in [0.717, 1.165) is 5.75 Å². The molecule has 0 saturated heterocycles. The van der Waals surface area contributed by atoms with Crippen LogP contribution in [0.15, 0.2) is 36.4 Å². The zero-order valence-corrected chi connectivity index (χ0v) is 10.7. The lowest BCUT2D eigenvalue weighted by molar-refractivity contribution is 0.415. The summed E-state index contributed by atoms with van der Waals surface area (Å²) >= 11 is 0. The summed E-state index contributed by atoms with van der Waals surface area (Å²) in [6.45, 7) is 2.70. The van der Waals surface area contributed by atoms with Crippen LogP contribution in [0.5, 0.6) is 5.75 Å². The van der Waals surface area contributed by atoms with Crippen molar-refractivity contribution in [3.8, 4) is 18.1 Å². The second kappa shape index (κ2) is 5.57. The third-order valence-electron chi connectivity index (χ3n) is 3.08. The fourth-order valence-electron chi connectivity index (χ4n) is 1.97.